The van der Waals surface area contributed by atoms with Crippen molar-refractivity contribution in [3.8, 4) is 0 Å². The molecule has 0 radical (unpaired) electrons. The molecule has 1 rings (SSSR count). The fourth-order valence-corrected chi connectivity index (χ4v) is 2.41. The minimum Gasteiger partial charge on any atom is -0.481 e. The minimum absolute atomic E-state index is 0.298. The number of aliphatic carboxylic acids is 1. The maximum absolute atomic E-state index is 11.7. The largest absolute Gasteiger partial charge is 0.481 e. The van der Waals surface area contributed by atoms with Crippen LogP contribution < -0.4 is 0 Å². The van der Waals surface area contributed by atoms with Gasteiger partial charge in [-0.15, -0.1) is 0 Å². The van der Waals surface area contributed by atoms with Gasteiger partial charge in [0.15, 0.2) is 0 Å². The first-order chi connectivity index (χ1) is 9.53. The highest BCUT2D eigenvalue weighted by molar-refractivity contribution is 5.81. The maximum Gasteiger partial charge on any atom is 0.314 e. The molecule has 1 aromatic rings. The van der Waals surface area contributed by atoms with Crippen LogP contribution in [0.5, 0.6) is 0 Å². The van der Waals surface area contributed by atoms with Crippen molar-refractivity contribution in [1.82, 2.24) is 0 Å². The average Bonchev–Trinajstić information content (AvgIpc) is 2.43. The Morgan fingerprint density at radius 3 is 2.35 bits per heavy atom. The lowest BCUT2D eigenvalue weighted by Crippen LogP contribution is -2.35. The molecule has 0 aromatic heterocycles. The van der Waals surface area contributed by atoms with E-state index >= 15 is 0 Å². The lowest BCUT2D eigenvalue weighted by molar-refractivity contribution is -0.145. The van der Waals surface area contributed by atoms with Gasteiger partial charge in [-0.1, -0.05) is 37.3 Å². The molecule has 0 saturated carbocycles. The van der Waals surface area contributed by atoms with Crippen molar-refractivity contribution in [2.75, 3.05) is 6.61 Å². The molecule has 110 valence electrons. The molecule has 0 bridgehead atoms. The van der Waals surface area contributed by atoms with Gasteiger partial charge in [0.1, 0.15) is 0 Å². The molecule has 0 aliphatic carbocycles. The number of carboxylic acids is 1. The predicted octanol–water partition coefficient (Wildman–Crippen LogP) is 3.15. The van der Waals surface area contributed by atoms with Gasteiger partial charge in [-0.05, 0) is 31.2 Å². The molecular weight excluding hydrogens is 256 g/mol. The summed E-state index contributed by atoms with van der Waals surface area (Å²) in [5.41, 5.74) is -0.0141. The molecule has 20 heavy (non-hydrogen) atoms. The lowest BCUT2D eigenvalue weighted by atomic mass is 9.74. The second kappa shape index (κ2) is 7.68. The van der Waals surface area contributed by atoms with E-state index in [1.165, 1.54) is 6.92 Å². The number of hydrogen-bond acceptors (Lipinski definition) is 3. The van der Waals surface area contributed by atoms with Crippen LogP contribution in [0.15, 0.2) is 30.3 Å². The first kappa shape index (κ1) is 16.2. The van der Waals surface area contributed by atoms with E-state index < -0.39 is 11.4 Å². The molecule has 0 heterocycles. The molecule has 4 nitrogen and oxygen atoms in total. The van der Waals surface area contributed by atoms with Gasteiger partial charge in [0.05, 0.1) is 12.0 Å². The Hall–Kier alpha value is -1.84. The van der Waals surface area contributed by atoms with Crippen molar-refractivity contribution in [3.63, 3.8) is 0 Å². The number of carboxylic acid groups (broad SMARTS) is 1. The van der Waals surface area contributed by atoms with Crippen LogP contribution in [-0.2, 0) is 19.7 Å². The van der Waals surface area contributed by atoms with Crippen molar-refractivity contribution >= 4 is 11.9 Å². The first-order valence-corrected chi connectivity index (χ1v) is 6.95. The number of benzene rings is 1. The van der Waals surface area contributed by atoms with E-state index in [0.717, 1.165) is 5.56 Å². The van der Waals surface area contributed by atoms with Crippen LogP contribution in [-0.4, -0.2) is 23.7 Å². The molecule has 1 N–H and O–H groups in total. The Kier molecular flexibility index (Phi) is 6.22. The van der Waals surface area contributed by atoms with Crippen molar-refractivity contribution in [3.05, 3.63) is 35.9 Å². The number of hydrogen-bond donors (Lipinski definition) is 1. The molecule has 0 aliphatic rings. The molecule has 0 spiro atoms. The molecular formula is C16H22O4. The topological polar surface area (TPSA) is 63.6 Å². The van der Waals surface area contributed by atoms with E-state index in [1.807, 2.05) is 37.3 Å². The van der Waals surface area contributed by atoms with E-state index in [9.17, 15) is 14.7 Å². The van der Waals surface area contributed by atoms with Crippen LogP contribution in [0.1, 0.15) is 45.1 Å². The normalized spacial score (nSPS) is 13.5. The van der Waals surface area contributed by atoms with E-state index in [2.05, 4.69) is 0 Å². The summed E-state index contributed by atoms with van der Waals surface area (Å²) in [6.07, 6.45) is 2.48. The number of ether oxygens (including phenoxy) is 1. The summed E-state index contributed by atoms with van der Waals surface area (Å²) in [5, 5.41) is 9.64. The van der Waals surface area contributed by atoms with E-state index in [0.29, 0.717) is 32.3 Å². The van der Waals surface area contributed by atoms with Crippen LogP contribution >= 0.6 is 0 Å². The maximum atomic E-state index is 11.7. The van der Waals surface area contributed by atoms with Gasteiger partial charge in [0.25, 0.3) is 0 Å². The van der Waals surface area contributed by atoms with Crippen molar-refractivity contribution in [2.45, 2.75) is 44.9 Å². The standard InChI is InChI=1S/C16H22O4/c1-3-16(15(18)19,14-9-5-4-6-10-14)11-7-8-12-20-13(2)17/h4-6,9-10H,3,7-8,11-12H2,1-2H3,(H,18,19). The fraction of sp³-hybridized carbons (Fsp3) is 0.500. The predicted molar refractivity (Wildman–Crippen MR) is 76.5 cm³/mol. The summed E-state index contributed by atoms with van der Waals surface area (Å²) < 4.78 is 4.87. The second-order valence-electron chi connectivity index (χ2n) is 4.90. The number of carbonyl (C=O) groups is 2. The van der Waals surface area contributed by atoms with Gasteiger partial charge in [-0.25, -0.2) is 0 Å². The Labute approximate surface area is 119 Å². The van der Waals surface area contributed by atoms with Gasteiger partial charge in [0.2, 0.25) is 0 Å². The Balaban J connectivity index is 2.70. The Morgan fingerprint density at radius 2 is 1.85 bits per heavy atom. The summed E-state index contributed by atoms with van der Waals surface area (Å²) in [7, 11) is 0. The highest BCUT2D eigenvalue weighted by Crippen LogP contribution is 2.33. The summed E-state index contributed by atoms with van der Waals surface area (Å²) in [5.74, 6) is -1.09. The van der Waals surface area contributed by atoms with Crippen molar-refractivity contribution in [1.29, 1.82) is 0 Å². The Bertz CT molecular complexity index is 441. The van der Waals surface area contributed by atoms with E-state index in [4.69, 9.17) is 4.74 Å². The zero-order valence-corrected chi connectivity index (χ0v) is 12.1. The van der Waals surface area contributed by atoms with Crippen molar-refractivity contribution in [2.24, 2.45) is 0 Å². The third kappa shape index (κ3) is 4.08. The highest BCUT2D eigenvalue weighted by Gasteiger charge is 2.37. The third-order valence-electron chi connectivity index (χ3n) is 3.64. The van der Waals surface area contributed by atoms with E-state index in [1.54, 1.807) is 0 Å². The summed E-state index contributed by atoms with van der Waals surface area (Å²) in [6, 6.07) is 9.34. The summed E-state index contributed by atoms with van der Waals surface area (Å²) >= 11 is 0. The van der Waals surface area contributed by atoms with Gasteiger partial charge in [0, 0.05) is 6.92 Å². The minimum atomic E-state index is -0.850. The molecule has 0 saturated heterocycles. The lowest BCUT2D eigenvalue weighted by Gasteiger charge is -2.28. The molecule has 0 fully saturated rings. The van der Waals surface area contributed by atoms with Gasteiger partial charge < -0.3 is 9.84 Å². The molecule has 1 atom stereocenters. The second-order valence-corrected chi connectivity index (χ2v) is 4.90. The fourth-order valence-electron chi connectivity index (χ4n) is 2.41. The number of carbonyl (C=O) groups excluding carboxylic acids is 1. The van der Waals surface area contributed by atoms with Crippen LogP contribution in [0, 0.1) is 0 Å². The number of unbranched alkanes of at least 4 members (excludes halogenated alkanes) is 1. The molecule has 0 aliphatic heterocycles. The highest BCUT2D eigenvalue weighted by atomic mass is 16.5. The van der Waals surface area contributed by atoms with E-state index in [-0.39, 0.29) is 5.97 Å². The van der Waals surface area contributed by atoms with Crippen LogP contribution in [0.2, 0.25) is 0 Å². The Morgan fingerprint density at radius 1 is 1.20 bits per heavy atom. The van der Waals surface area contributed by atoms with Gasteiger partial charge in [-0.2, -0.15) is 0 Å². The van der Waals surface area contributed by atoms with Crippen LogP contribution in [0.25, 0.3) is 0 Å². The van der Waals surface area contributed by atoms with Crippen LogP contribution in [0.4, 0.5) is 0 Å². The zero-order valence-electron chi connectivity index (χ0n) is 12.1. The van der Waals surface area contributed by atoms with Crippen LogP contribution in [0.3, 0.4) is 0 Å². The molecule has 4 heteroatoms. The number of rotatable bonds is 8. The first-order valence-electron chi connectivity index (χ1n) is 6.95. The summed E-state index contributed by atoms with van der Waals surface area (Å²) in [6.45, 7) is 3.62. The molecule has 0 amide bonds. The monoisotopic (exact) mass is 278 g/mol. The third-order valence-corrected chi connectivity index (χ3v) is 3.64. The zero-order chi connectivity index (χ0) is 15.0. The molecule has 1 aromatic carbocycles. The van der Waals surface area contributed by atoms with Gasteiger partial charge in [-0.3, -0.25) is 9.59 Å². The summed E-state index contributed by atoms with van der Waals surface area (Å²) in [4.78, 5) is 22.4. The average molecular weight is 278 g/mol. The van der Waals surface area contributed by atoms with Crippen molar-refractivity contribution < 1.29 is 19.4 Å². The quantitative estimate of drug-likeness (QED) is 0.586. The smallest absolute Gasteiger partial charge is 0.314 e. The van der Waals surface area contributed by atoms with Gasteiger partial charge >= 0.3 is 11.9 Å². The number of esters is 1. The molecule has 1 unspecified atom stereocenters. The SMILES string of the molecule is CCC(CCCCOC(C)=O)(C(=O)O)c1ccccc1.